The Labute approximate surface area is 164 Å². The maximum Gasteiger partial charge on any atom is 0.341 e. The minimum atomic E-state index is -0.418. The third-order valence-corrected chi connectivity index (χ3v) is 6.22. The molecule has 0 aromatic carbocycles. The Bertz CT molecular complexity index is 1060. The number of aryl methyl sites for hydroxylation is 2. The van der Waals surface area contributed by atoms with Gasteiger partial charge >= 0.3 is 5.97 Å². The number of thiophene rings is 1. The van der Waals surface area contributed by atoms with Crippen molar-refractivity contribution in [3.63, 3.8) is 0 Å². The standard InChI is InChI=1S/C19H20N2O4S2/c1-5-8-21-17(22)15-11(3)12(4)27-16(15)20-19(21)26-10-14-13(7-9-25-14)18(23)24-6-2/h5,7,9H,1,6,8,10H2,2-4H3. The Morgan fingerprint density at radius 2 is 2.26 bits per heavy atom. The molecule has 0 saturated heterocycles. The fourth-order valence-electron chi connectivity index (χ4n) is 2.68. The number of furan rings is 1. The molecule has 0 aliphatic heterocycles. The average Bonchev–Trinajstić information content (AvgIpc) is 3.21. The number of rotatable bonds is 7. The van der Waals surface area contributed by atoms with Crippen LogP contribution in [0.1, 0.15) is 33.5 Å². The van der Waals surface area contributed by atoms with Crippen LogP contribution in [0.25, 0.3) is 10.2 Å². The van der Waals surface area contributed by atoms with Gasteiger partial charge in [0.2, 0.25) is 0 Å². The quantitative estimate of drug-likeness (QED) is 0.253. The molecule has 6 nitrogen and oxygen atoms in total. The Hall–Kier alpha value is -2.32. The first-order valence-electron chi connectivity index (χ1n) is 8.45. The van der Waals surface area contributed by atoms with E-state index in [1.807, 2.05) is 13.8 Å². The molecular formula is C19H20N2O4S2. The van der Waals surface area contributed by atoms with Gasteiger partial charge in [-0.25, -0.2) is 9.78 Å². The molecule has 0 spiro atoms. The van der Waals surface area contributed by atoms with Gasteiger partial charge in [-0.15, -0.1) is 17.9 Å². The summed E-state index contributed by atoms with van der Waals surface area (Å²) in [4.78, 5) is 31.5. The third kappa shape index (κ3) is 3.72. The Morgan fingerprint density at radius 3 is 2.96 bits per heavy atom. The van der Waals surface area contributed by atoms with E-state index in [2.05, 4.69) is 11.6 Å². The van der Waals surface area contributed by atoms with Gasteiger partial charge in [0, 0.05) is 11.4 Å². The van der Waals surface area contributed by atoms with E-state index in [9.17, 15) is 9.59 Å². The number of carbonyl (C=O) groups is 1. The highest BCUT2D eigenvalue weighted by molar-refractivity contribution is 7.98. The Morgan fingerprint density at radius 1 is 1.48 bits per heavy atom. The van der Waals surface area contributed by atoms with Crippen LogP contribution in [0, 0.1) is 13.8 Å². The minimum absolute atomic E-state index is 0.0747. The first kappa shape index (κ1) is 19.4. The molecule has 0 amide bonds. The van der Waals surface area contributed by atoms with Gasteiger partial charge in [-0.05, 0) is 32.4 Å². The zero-order chi connectivity index (χ0) is 19.6. The van der Waals surface area contributed by atoms with Crippen molar-refractivity contribution in [1.29, 1.82) is 0 Å². The second-order valence-electron chi connectivity index (χ2n) is 5.83. The molecule has 0 atom stereocenters. The maximum atomic E-state index is 13.0. The molecule has 0 fully saturated rings. The number of carbonyl (C=O) groups excluding carboxylic acids is 1. The van der Waals surface area contributed by atoms with Crippen LogP contribution >= 0.6 is 23.1 Å². The van der Waals surface area contributed by atoms with Crippen molar-refractivity contribution in [2.24, 2.45) is 0 Å². The molecule has 0 saturated carbocycles. The SMILES string of the molecule is C=CCn1c(SCc2occc2C(=O)OCC)nc2sc(C)c(C)c2c1=O. The zero-order valence-corrected chi connectivity index (χ0v) is 17.0. The lowest BCUT2D eigenvalue weighted by atomic mass is 10.2. The highest BCUT2D eigenvalue weighted by Crippen LogP contribution is 2.30. The number of nitrogens with zero attached hydrogens (tertiary/aromatic N) is 2. The van der Waals surface area contributed by atoms with E-state index in [0.29, 0.717) is 40.8 Å². The summed E-state index contributed by atoms with van der Waals surface area (Å²) in [6.45, 7) is 10.1. The van der Waals surface area contributed by atoms with Crippen LogP contribution in [-0.4, -0.2) is 22.1 Å². The second-order valence-corrected chi connectivity index (χ2v) is 7.97. The smallest absolute Gasteiger partial charge is 0.341 e. The number of aromatic nitrogens is 2. The van der Waals surface area contributed by atoms with Crippen LogP contribution in [0.2, 0.25) is 0 Å². The predicted octanol–water partition coefficient (Wildman–Crippen LogP) is 4.32. The van der Waals surface area contributed by atoms with E-state index in [0.717, 1.165) is 15.3 Å². The van der Waals surface area contributed by atoms with Crippen LogP contribution in [0.3, 0.4) is 0 Å². The molecule has 3 aromatic heterocycles. The summed E-state index contributed by atoms with van der Waals surface area (Å²) in [5.41, 5.74) is 1.29. The van der Waals surface area contributed by atoms with Crippen molar-refractivity contribution in [3.8, 4) is 0 Å². The number of esters is 1. The van der Waals surface area contributed by atoms with Crippen molar-refractivity contribution in [1.82, 2.24) is 9.55 Å². The van der Waals surface area contributed by atoms with Crippen LogP contribution in [-0.2, 0) is 17.0 Å². The summed E-state index contributed by atoms with van der Waals surface area (Å²) in [5.74, 6) is 0.439. The first-order valence-corrected chi connectivity index (χ1v) is 10.3. The van der Waals surface area contributed by atoms with Crippen molar-refractivity contribution in [2.45, 2.75) is 38.2 Å². The van der Waals surface area contributed by atoms with E-state index >= 15 is 0 Å². The summed E-state index contributed by atoms with van der Waals surface area (Å²) in [6, 6.07) is 1.59. The molecule has 3 aromatic rings. The van der Waals surface area contributed by atoms with E-state index in [1.165, 1.54) is 29.4 Å². The van der Waals surface area contributed by atoms with E-state index in [4.69, 9.17) is 9.15 Å². The van der Waals surface area contributed by atoms with Crippen LogP contribution in [0.4, 0.5) is 0 Å². The topological polar surface area (TPSA) is 74.3 Å². The van der Waals surface area contributed by atoms with Crippen LogP contribution < -0.4 is 5.56 Å². The number of allylic oxidation sites excluding steroid dienone is 1. The summed E-state index contributed by atoms with van der Waals surface area (Å²) in [5, 5.41) is 1.23. The Balaban J connectivity index is 1.97. The lowest BCUT2D eigenvalue weighted by Crippen LogP contribution is -2.22. The largest absolute Gasteiger partial charge is 0.468 e. The predicted molar refractivity (Wildman–Crippen MR) is 108 cm³/mol. The van der Waals surface area contributed by atoms with Gasteiger partial charge in [0.15, 0.2) is 5.16 Å². The van der Waals surface area contributed by atoms with E-state index < -0.39 is 5.97 Å². The molecule has 3 rings (SSSR count). The van der Waals surface area contributed by atoms with Gasteiger partial charge in [-0.2, -0.15) is 0 Å². The summed E-state index contributed by atoms with van der Waals surface area (Å²) >= 11 is 2.86. The van der Waals surface area contributed by atoms with Crippen molar-refractivity contribution in [3.05, 3.63) is 57.1 Å². The molecule has 0 N–H and O–H groups in total. The number of thioether (sulfide) groups is 1. The van der Waals surface area contributed by atoms with E-state index in [1.54, 1.807) is 23.6 Å². The van der Waals surface area contributed by atoms with Gasteiger partial charge in [-0.1, -0.05) is 17.8 Å². The zero-order valence-electron chi connectivity index (χ0n) is 15.4. The third-order valence-electron chi connectivity index (χ3n) is 4.14. The molecule has 0 bridgehead atoms. The van der Waals surface area contributed by atoms with Gasteiger partial charge in [0.25, 0.3) is 5.56 Å². The fourth-order valence-corrected chi connectivity index (χ4v) is 4.71. The monoisotopic (exact) mass is 404 g/mol. The van der Waals surface area contributed by atoms with Gasteiger partial charge < -0.3 is 9.15 Å². The number of fused-ring (bicyclic) bond motifs is 1. The summed E-state index contributed by atoms with van der Waals surface area (Å²) in [7, 11) is 0. The van der Waals surface area contributed by atoms with Crippen molar-refractivity contribution >= 4 is 39.3 Å². The number of hydrogen-bond donors (Lipinski definition) is 0. The summed E-state index contributed by atoms with van der Waals surface area (Å²) < 4.78 is 12.1. The molecule has 0 aliphatic rings. The highest BCUT2D eigenvalue weighted by atomic mass is 32.2. The lowest BCUT2D eigenvalue weighted by Gasteiger charge is -2.10. The molecule has 142 valence electrons. The lowest BCUT2D eigenvalue weighted by molar-refractivity contribution is 0.0524. The molecule has 0 aliphatic carbocycles. The molecule has 0 radical (unpaired) electrons. The summed E-state index contributed by atoms with van der Waals surface area (Å²) in [6.07, 6.45) is 3.13. The fraction of sp³-hybridized carbons (Fsp3) is 0.316. The molecule has 27 heavy (non-hydrogen) atoms. The molecule has 8 heteroatoms. The van der Waals surface area contributed by atoms with Gasteiger partial charge in [-0.3, -0.25) is 9.36 Å². The normalized spacial score (nSPS) is 11.1. The van der Waals surface area contributed by atoms with Gasteiger partial charge in [0.05, 0.1) is 24.0 Å². The van der Waals surface area contributed by atoms with Crippen LogP contribution in [0.15, 0.2) is 39.4 Å². The molecular weight excluding hydrogens is 384 g/mol. The molecule has 0 unspecified atom stereocenters. The van der Waals surface area contributed by atoms with Crippen molar-refractivity contribution in [2.75, 3.05) is 6.61 Å². The van der Waals surface area contributed by atoms with E-state index in [-0.39, 0.29) is 5.56 Å². The van der Waals surface area contributed by atoms with Crippen LogP contribution in [0.5, 0.6) is 0 Å². The van der Waals surface area contributed by atoms with Gasteiger partial charge in [0.1, 0.15) is 16.2 Å². The Kier molecular flexibility index (Phi) is 5.86. The first-order chi connectivity index (χ1) is 13.0. The average molecular weight is 405 g/mol. The maximum absolute atomic E-state index is 13.0. The second kappa shape index (κ2) is 8.14. The number of hydrogen-bond acceptors (Lipinski definition) is 7. The number of ether oxygens (including phenoxy) is 1. The minimum Gasteiger partial charge on any atom is -0.468 e. The highest BCUT2D eigenvalue weighted by Gasteiger charge is 2.19. The molecule has 3 heterocycles. The van der Waals surface area contributed by atoms with Crippen molar-refractivity contribution < 1.29 is 13.9 Å².